The van der Waals surface area contributed by atoms with Crippen molar-refractivity contribution in [2.24, 2.45) is 33.8 Å². The normalized spacial score (nSPS) is 49.0. The topological polar surface area (TPSA) is 142 Å². The number of allylic oxidation sites excluding steroid dienone is 2. The Morgan fingerprint density at radius 1 is 1.15 bits per heavy atom. The number of primary amides is 1. The summed E-state index contributed by atoms with van der Waals surface area (Å²) in [7, 11) is 0. The van der Waals surface area contributed by atoms with Crippen LogP contribution in [0, 0.1) is 28.1 Å². The highest BCUT2D eigenvalue weighted by atomic mass is 16.7. The number of nitrogens with two attached hydrogens (primary N) is 1. The van der Waals surface area contributed by atoms with Crippen molar-refractivity contribution in [3.63, 3.8) is 0 Å². The van der Waals surface area contributed by atoms with Crippen molar-refractivity contribution < 1.29 is 34.7 Å². The number of ether oxygens (including phenoxy) is 2. The summed E-state index contributed by atoms with van der Waals surface area (Å²) in [5.41, 5.74) is 7.09. The van der Waals surface area contributed by atoms with Gasteiger partial charge in [0.2, 0.25) is 5.91 Å². The van der Waals surface area contributed by atoms with E-state index in [2.05, 4.69) is 26.8 Å². The van der Waals surface area contributed by atoms with E-state index < -0.39 is 42.7 Å². The van der Waals surface area contributed by atoms with Crippen LogP contribution in [0.2, 0.25) is 0 Å². The van der Waals surface area contributed by atoms with Crippen molar-refractivity contribution in [1.82, 2.24) is 0 Å². The van der Waals surface area contributed by atoms with Crippen LogP contribution < -0.4 is 5.73 Å². The number of aliphatic hydroxyl groups excluding tert-OH is 4. The molecule has 8 nitrogen and oxygen atoms in total. The van der Waals surface area contributed by atoms with Crippen molar-refractivity contribution >= 4 is 5.91 Å². The van der Waals surface area contributed by atoms with Gasteiger partial charge in [0.05, 0.1) is 13.2 Å². The molecule has 0 aromatic carbocycles. The van der Waals surface area contributed by atoms with Crippen molar-refractivity contribution in [3.05, 3.63) is 11.6 Å². The first-order valence-corrected chi connectivity index (χ1v) is 12.9. The molecule has 0 spiro atoms. The van der Waals surface area contributed by atoms with Crippen LogP contribution in [0.5, 0.6) is 0 Å². The van der Waals surface area contributed by atoms with Crippen LogP contribution >= 0.6 is 0 Å². The molecule has 0 bridgehead atoms. The van der Waals surface area contributed by atoms with Gasteiger partial charge in [-0.3, -0.25) is 4.79 Å². The third-order valence-electron chi connectivity index (χ3n) is 9.90. The lowest BCUT2D eigenvalue weighted by atomic mass is 9.45. The number of amides is 1. The van der Waals surface area contributed by atoms with Gasteiger partial charge in [0, 0.05) is 5.41 Å². The minimum Gasteiger partial charge on any atom is -0.394 e. The first-order valence-electron chi connectivity index (χ1n) is 12.9. The second-order valence-corrected chi connectivity index (χ2v) is 12.1. The largest absolute Gasteiger partial charge is 0.394 e. The van der Waals surface area contributed by atoms with Gasteiger partial charge in [0.25, 0.3) is 0 Å². The first kappa shape index (κ1) is 26.0. The molecule has 3 fully saturated rings. The van der Waals surface area contributed by atoms with Crippen LogP contribution in [-0.2, 0) is 14.3 Å². The zero-order valence-corrected chi connectivity index (χ0v) is 20.8. The van der Waals surface area contributed by atoms with E-state index in [9.17, 15) is 25.2 Å². The number of hydrogen-bond donors (Lipinski definition) is 5. The van der Waals surface area contributed by atoms with E-state index in [1.807, 2.05) is 0 Å². The van der Waals surface area contributed by atoms with E-state index in [1.165, 1.54) is 5.57 Å². The minimum atomic E-state index is -1.43. The molecule has 3 aliphatic carbocycles. The van der Waals surface area contributed by atoms with Crippen LogP contribution in [0.3, 0.4) is 0 Å². The molecule has 4 aliphatic rings. The summed E-state index contributed by atoms with van der Waals surface area (Å²) in [6.07, 6.45) is 3.98. The van der Waals surface area contributed by atoms with Gasteiger partial charge in [-0.25, -0.2) is 0 Å². The smallest absolute Gasteiger partial charge is 0.223 e. The van der Waals surface area contributed by atoms with Gasteiger partial charge < -0.3 is 35.6 Å². The third kappa shape index (κ3) is 4.35. The zero-order valence-electron chi connectivity index (χ0n) is 20.8. The van der Waals surface area contributed by atoms with E-state index >= 15 is 0 Å². The molecule has 0 radical (unpaired) electrons. The summed E-state index contributed by atoms with van der Waals surface area (Å²) in [6.45, 7) is 6.59. The van der Waals surface area contributed by atoms with Gasteiger partial charge in [-0.2, -0.15) is 0 Å². The number of aliphatic hydroxyl groups is 4. The van der Waals surface area contributed by atoms with Crippen LogP contribution in [0.4, 0.5) is 0 Å². The average Bonchev–Trinajstić information content (AvgIpc) is 2.78. The van der Waals surface area contributed by atoms with Crippen LogP contribution in [0.15, 0.2) is 11.6 Å². The molecule has 10 atom stereocenters. The number of rotatable bonds is 6. The molecule has 0 unspecified atom stereocenters. The monoisotopic (exact) mass is 481 g/mol. The molecule has 194 valence electrons. The Labute approximate surface area is 202 Å². The fourth-order valence-corrected chi connectivity index (χ4v) is 7.61. The Balaban J connectivity index is 1.39. The van der Waals surface area contributed by atoms with Crippen molar-refractivity contribution in [2.75, 3.05) is 13.2 Å². The number of carbonyl (C=O) groups is 1. The fraction of sp³-hybridized carbons (Fsp3) is 0.885. The van der Waals surface area contributed by atoms with Gasteiger partial charge in [-0.15, -0.1) is 0 Å². The molecule has 8 heteroatoms. The number of hydrogen-bond acceptors (Lipinski definition) is 7. The summed E-state index contributed by atoms with van der Waals surface area (Å²) in [4.78, 5) is 12.4. The maximum Gasteiger partial charge on any atom is 0.223 e. The van der Waals surface area contributed by atoms with Gasteiger partial charge in [0.15, 0.2) is 6.29 Å². The molecule has 1 aliphatic heterocycles. The Morgan fingerprint density at radius 3 is 2.56 bits per heavy atom. The van der Waals surface area contributed by atoms with Crippen LogP contribution in [0.25, 0.3) is 0 Å². The molecule has 34 heavy (non-hydrogen) atoms. The predicted octanol–water partition coefficient (Wildman–Crippen LogP) is 1.63. The van der Waals surface area contributed by atoms with Crippen molar-refractivity contribution in [3.8, 4) is 0 Å². The second kappa shape index (κ2) is 9.45. The Hall–Kier alpha value is -1.03. The molecule has 6 N–H and O–H groups in total. The van der Waals surface area contributed by atoms with E-state index in [0.29, 0.717) is 18.4 Å². The number of fused-ring (bicyclic) bond motifs is 3. The molecule has 1 heterocycles. The summed E-state index contributed by atoms with van der Waals surface area (Å²) in [5, 5.41) is 39.5. The van der Waals surface area contributed by atoms with Gasteiger partial charge in [-0.1, -0.05) is 38.8 Å². The van der Waals surface area contributed by atoms with Crippen molar-refractivity contribution in [1.29, 1.82) is 0 Å². The molecule has 1 saturated heterocycles. The highest BCUT2D eigenvalue weighted by Gasteiger charge is 2.57. The van der Waals surface area contributed by atoms with Gasteiger partial charge in [-0.05, 0) is 67.6 Å². The predicted molar refractivity (Wildman–Crippen MR) is 125 cm³/mol. The lowest BCUT2D eigenvalue weighted by molar-refractivity contribution is -0.302. The minimum absolute atomic E-state index is 0.0430. The average molecular weight is 482 g/mol. The summed E-state index contributed by atoms with van der Waals surface area (Å²) >= 11 is 0. The van der Waals surface area contributed by atoms with E-state index in [4.69, 9.17) is 15.2 Å². The highest BCUT2D eigenvalue weighted by Crippen LogP contribution is 2.63. The molecular weight excluding hydrogens is 438 g/mol. The molecule has 0 aromatic rings. The highest BCUT2D eigenvalue weighted by molar-refractivity contribution is 5.81. The standard InChI is InChI=1S/C26H43NO7/c1-24(11-12-33-22-21(31)20(30)19(29)17(14-28)34-22)10-7-16-15(13-24)5-6-18-25(16,2)8-4-9-26(18,3)23(27)32/h5,16-22,28-31H,4,6-14H2,1-3H3,(H2,27,32)/t16-,17-,18+,19-,20+,21+,22+,24+,25-,26-/m1/s1. The molecular formula is C26H43NO7. The summed E-state index contributed by atoms with van der Waals surface area (Å²) in [6, 6.07) is 0. The van der Waals surface area contributed by atoms with Crippen molar-refractivity contribution in [2.45, 2.75) is 103 Å². The second-order valence-electron chi connectivity index (χ2n) is 12.1. The third-order valence-corrected chi connectivity index (χ3v) is 9.90. The Bertz CT molecular complexity index is 802. The van der Waals surface area contributed by atoms with Crippen LogP contribution in [0.1, 0.15) is 72.1 Å². The maximum absolute atomic E-state index is 12.4. The zero-order chi connectivity index (χ0) is 24.9. The molecule has 0 aromatic heterocycles. The maximum atomic E-state index is 12.4. The van der Waals surface area contributed by atoms with Gasteiger partial charge >= 0.3 is 0 Å². The first-order chi connectivity index (χ1) is 15.9. The quantitative estimate of drug-likeness (QED) is 0.363. The van der Waals surface area contributed by atoms with E-state index in [-0.39, 0.29) is 16.7 Å². The summed E-state index contributed by atoms with van der Waals surface area (Å²) in [5.74, 6) is 0.606. The van der Waals surface area contributed by atoms with E-state index in [1.54, 1.807) is 0 Å². The fourth-order valence-electron chi connectivity index (χ4n) is 7.61. The Kier molecular flexibility index (Phi) is 7.24. The SMILES string of the molecule is C[C@@]1(CCO[C@H]2O[C@H](CO)[C@@H](O)[C@H](O)[C@@H]2O)CC[C@@H]2C(=CC[C@H]3[C@]2(C)CCC[C@@]3(C)C(N)=O)C1. The van der Waals surface area contributed by atoms with E-state index in [0.717, 1.165) is 51.4 Å². The lowest BCUT2D eigenvalue weighted by Gasteiger charge is -2.59. The van der Waals surface area contributed by atoms with Gasteiger partial charge in [0.1, 0.15) is 24.4 Å². The number of carbonyl (C=O) groups excluding carboxylic acids is 1. The Morgan fingerprint density at radius 2 is 1.88 bits per heavy atom. The summed E-state index contributed by atoms with van der Waals surface area (Å²) < 4.78 is 11.3. The molecule has 2 saturated carbocycles. The lowest BCUT2D eigenvalue weighted by Crippen LogP contribution is -2.59. The van der Waals surface area contributed by atoms with Crippen LogP contribution in [-0.4, -0.2) is 70.3 Å². The molecule has 4 rings (SSSR count). The molecule has 1 amide bonds.